The Hall–Kier alpha value is -1.25. The maximum atomic E-state index is 11.2. The van der Waals surface area contributed by atoms with Crippen LogP contribution in [0, 0.1) is 0 Å². The molecule has 0 fully saturated rings. The molecule has 13 heavy (non-hydrogen) atoms. The number of carbonyl (C=O) groups is 1. The van der Waals surface area contributed by atoms with Crippen molar-refractivity contribution in [2.45, 2.75) is 26.4 Å². The van der Waals surface area contributed by atoms with Crippen LogP contribution >= 0.6 is 0 Å². The predicted octanol–water partition coefficient (Wildman–Crippen LogP) is 2.04. The van der Waals surface area contributed by atoms with Crippen LogP contribution in [0.2, 0.25) is 0 Å². The minimum atomic E-state index is -0.406. The molecule has 0 heterocycles. The quantitative estimate of drug-likeness (QED) is 0.360. The van der Waals surface area contributed by atoms with Crippen LogP contribution in [0.25, 0.3) is 0 Å². The fraction of sp³-hybridized carbons (Fsp3) is 0.500. The van der Waals surface area contributed by atoms with Crippen molar-refractivity contribution >= 4 is 5.97 Å². The second-order valence-electron chi connectivity index (χ2n) is 2.61. The number of rotatable bonds is 6. The Morgan fingerprint density at radius 1 is 1.62 bits per heavy atom. The highest BCUT2D eigenvalue weighted by Gasteiger charge is 2.15. The van der Waals surface area contributed by atoms with Gasteiger partial charge in [0.1, 0.15) is 6.10 Å². The second-order valence-corrected chi connectivity index (χ2v) is 2.61. The van der Waals surface area contributed by atoms with Gasteiger partial charge in [0.05, 0.1) is 18.4 Å². The molecule has 0 aliphatic carbocycles. The summed E-state index contributed by atoms with van der Waals surface area (Å²) < 4.78 is 9.84. The van der Waals surface area contributed by atoms with Crippen LogP contribution in [0.5, 0.6) is 0 Å². The average molecular weight is 184 g/mol. The molecule has 3 nitrogen and oxygen atoms in total. The molecule has 0 radical (unpaired) electrons. The third-order valence-electron chi connectivity index (χ3n) is 1.49. The Morgan fingerprint density at radius 2 is 2.23 bits per heavy atom. The molecule has 74 valence electrons. The van der Waals surface area contributed by atoms with E-state index in [0.717, 1.165) is 6.42 Å². The van der Waals surface area contributed by atoms with E-state index in [4.69, 9.17) is 9.47 Å². The second kappa shape index (κ2) is 6.29. The van der Waals surface area contributed by atoms with E-state index in [1.807, 2.05) is 6.92 Å². The summed E-state index contributed by atoms with van der Waals surface area (Å²) in [4.78, 5) is 11.2. The summed E-state index contributed by atoms with van der Waals surface area (Å²) in [6.45, 7) is 11.0. The summed E-state index contributed by atoms with van der Waals surface area (Å²) in [7, 11) is 0. The molecule has 3 heteroatoms. The zero-order valence-electron chi connectivity index (χ0n) is 8.21. The first-order valence-corrected chi connectivity index (χ1v) is 4.25. The van der Waals surface area contributed by atoms with Crippen molar-refractivity contribution < 1.29 is 14.3 Å². The van der Waals surface area contributed by atoms with Gasteiger partial charge in [0, 0.05) is 0 Å². The van der Waals surface area contributed by atoms with Gasteiger partial charge in [0.25, 0.3) is 0 Å². The van der Waals surface area contributed by atoms with E-state index in [1.165, 1.54) is 6.26 Å². The molecule has 0 saturated heterocycles. The highest BCUT2D eigenvalue weighted by atomic mass is 16.5. The van der Waals surface area contributed by atoms with Crippen molar-refractivity contribution in [3.63, 3.8) is 0 Å². The van der Waals surface area contributed by atoms with Crippen LogP contribution in [0.4, 0.5) is 0 Å². The molecule has 0 saturated carbocycles. The Morgan fingerprint density at radius 3 is 2.69 bits per heavy atom. The molecule has 0 amide bonds. The molecule has 0 aliphatic rings. The molecular formula is C10H16O3. The van der Waals surface area contributed by atoms with Gasteiger partial charge in [-0.1, -0.05) is 20.1 Å². The fourth-order valence-electron chi connectivity index (χ4n) is 0.680. The molecule has 0 aromatic heterocycles. The molecule has 0 aromatic carbocycles. The lowest BCUT2D eigenvalue weighted by Crippen LogP contribution is -2.18. The summed E-state index contributed by atoms with van der Waals surface area (Å²) in [5.41, 5.74) is 0.313. The highest BCUT2D eigenvalue weighted by Crippen LogP contribution is 2.06. The third-order valence-corrected chi connectivity index (χ3v) is 1.49. The molecule has 0 rings (SSSR count). The third kappa shape index (κ3) is 4.35. The van der Waals surface area contributed by atoms with Gasteiger partial charge in [-0.05, 0) is 13.3 Å². The highest BCUT2D eigenvalue weighted by molar-refractivity contribution is 5.88. The molecule has 1 unspecified atom stereocenters. The van der Waals surface area contributed by atoms with Crippen molar-refractivity contribution in [3.8, 4) is 0 Å². The largest absolute Gasteiger partial charge is 0.494 e. The van der Waals surface area contributed by atoms with Gasteiger partial charge in [-0.2, -0.15) is 0 Å². The summed E-state index contributed by atoms with van der Waals surface area (Å²) in [5.74, 6) is -0.406. The SMILES string of the molecule is C=COC(C)C(=C)C(=O)OCCC. The minimum Gasteiger partial charge on any atom is -0.494 e. The van der Waals surface area contributed by atoms with E-state index in [9.17, 15) is 4.79 Å². The van der Waals surface area contributed by atoms with Crippen LogP contribution in [-0.4, -0.2) is 18.7 Å². The smallest absolute Gasteiger partial charge is 0.337 e. The molecule has 0 aliphatic heterocycles. The lowest BCUT2D eigenvalue weighted by molar-refractivity contribution is -0.140. The van der Waals surface area contributed by atoms with E-state index < -0.39 is 5.97 Å². The maximum absolute atomic E-state index is 11.2. The van der Waals surface area contributed by atoms with E-state index >= 15 is 0 Å². The van der Waals surface area contributed by atoms with Crippen LogP contribution in [0.3, 0.4) is 0 Å². The van der Waals surface area contributed by atoms with Gasteiger partial charge in [0.2, 0.25) is 0 Å². The summed E-state index contributed by atoms with van der Waals surface area (Å²) in [6, 6.07) is 0. The normalized spacial score (nSPS) is 11.5. The Bertz CT molecular complexity index is 196. The van der Waals surface area contributed by atoms with Crippen molar-refractivity contribution in [2.24, 2.45) is 0 Å². The van der Waals surface area contributed by atoms with E-state index in [1.54, 1.807) is 6.92 Å². The summed E-state index contributed by atoms with van der Waals surface area (Å²) in [5, 5.41) is 0. The Kier molecular flexibility index (Phi) is 5.68. The number of hydrogen-bond acceptors (Lipinski definition) is 3. The maximum Gasteiger partial charge on any atom is 0.337 e. The van der Waals surface area contributed by atoms with E-state index in [-0.39, 0.29) is 6.10 Å². The van der Waals surface area contributed by atoms with Crippen LogP contribution in [0.1, 0.15) is 20.3 Å². The van der Waals surface area contributed by atoms with Gasteiger partial charge < -0.3 is 9.47 Å². The van der Waals surface area contributed by atoms with Crippen molar-refractivity contribution in [2.75, 3.05) is 6.61 Å². The lowest BCUT2D eigenvalue weighted by atomic mass is 10.2. The van der Waals surface area contributed by atoms with Gasteiger partial charge in [-0.15, -0.1) is 0 Å². The number of ether oxygens (including phenoxy) is 2. The molecule has 1 atom stereocenters. The molecular weight excluding hydrogens is 168 g/mol. The zero-order chi connectivity index (χ0) is 10.3. The van der Waals surface area contributed by atoms with Crippen LogP contribution in [0.15, 0.2) is 25.0 Å². The Labute approximate surface area is 79.0 Å². The zero-order valence-corrected chi connectivity index (χ0v) is 8.21. The number of hydrogen-bond donors (Lipinski definition) is 0. The topological polar surface area (TPSA) is 35.5 Å². The Balaban J connectivity index is 3.94. The first-order chi connectivity index (χ1) is 6.13. The van der Waals surface area contributed by atoms with Gasteiger partial charge in [-0.25, -0.2) is 4.79 Å². The van der Waals surface area contributed by atoms with Crippen LogP contribution < -0.4 is 0 Å². The standard InChI is InChI=1S/C10H16O3/c1-5-7-13-10(11)8(3)9(4)12-6-2/h6,9H,2-3,5,7H2,1,4H3. The summed E-state index contributed by atoms with van der Waals surface area (Å²) in [6.07, 6.45) is 1.71. The average Bonchev–Trinajstić information content (AvgIpc) is 2.13. The van der Waals surface area contributed by atoms with Gasteiger partial charge in [-0.3, -0.25) is 0 Å². The van der Waals surface area contributed by atoms with Gasteiger partial charge in [0.15, 0.2) is 0 Å². The summed E-state index contributed by atoms with van der Waals surface area (Å²) >= 11 is 0. The predicted molar refractivity (Wildman–Crippen MR) is 51.1 cm³/mol. The van der Waals surface area contributed by atoms with Crippen molar-refractivity contribution in [1.82, 2.24) is 0 Å². The molecule has 0 aromatic rings. The van der Waals surface area contributed by atoms with Crippen molar-refractivity contribution in [1.29, 1.82) is 0 Å². The molecule has 0 N–H and O–H groups in total. The van der Waals surface area contributed by atoms with E-state index in [2.05, 4.69) is 13.2 Å². The first kappa shape index (κ1) is 11.8. The van der Waals surface area contributed by atoms with Crippen LogP contribution in [-0.2, 0) is 14.3 Å². The molecule has 0 bridgehead atoms. The first-order valence-electron chi connectivity index (χ1n) is 4.25. The number of esters is 1. The monoisotopic (exact) mass is 184 g/mol. The number of carbonyl (C=O) groups excluding carboxylic acids is 1. The minimum absolute atomic E-state index is 0.313. The van der Waals surface area contributed by atoms with Gasteiger partial charge >= 0.3 is 5.97 Å². The van der Waals surface area contributed by atoms with E-state index in [0.29, 0.717) is 12.2 Å². The van der Waals surface area contributed by atoms with Crippen molar-refractivity contribution in [3.05, 3.63) is 25.0 Å². The molecule has 0 spiro atoms. The fourth-order valence-corrected chi connectivity index (χ4v) is 0.680. The lowest BCUT2D eigenvalue weighted by Gasteiger charge is -2.12.